The van der Waals surface area contributed by atoms with Gasteiger partial charge < -0.3 is 19.6 Å². The van der Waals surface area contributed by atoms with E-state index in [1.54, 1.807) is 13.3 Å². The smallest absolute Gasteiger partial charge is 0.224 e. The van der Waals surface area contributed by atoms with Crippen LogP contribution in [-0.2, 0) is 11.3 Å². The van der Waals surface area contributed by atoms with Crippen LogP contribution in [0, 0.1) is 5.92 Å². The summed E-state index contributed by atoms with van der Waals surface area (Å²) < 4.78 is 4.90. The second-order valence-corrected chi connectivity index (χ2v) is 7.57. The van der Waals surface area contributed by atoms with Crippen molar-refractivity contribution in [2.45, 2.75) is 32.7 Å². The van der Waals surface area contributed by atoms with Crippen LogP contribution in [0.3, 0.4) is 0 Å². The van der Waals surface area contributed by atoms with Gasteiger partial charge in [-0.3, -0.25) is 14.7 Å². The summed E-state index contributed by atoms with van der Waals surface area (Å²) >= 11 is 0. The molecule has 1 atom stereocenters. The molecule has 0 spiro atoms. The fourth-order valence-electron chi connectivity index (χ4n) is 3.85. The summed E-state index contributed by atoms with van der Waals surface area (Å²) in [6.45, 7) is 9.23. The van der Waals surface area contributed by atoms with Gasteiger partial charge in [-0.05, 0) is 18.8 Å². The predicted octanol–water partition coefficient (Wildman–Crippen LogP) is 1.02. The van der Waals surface area contributed by atoms with E-state index in [9.17, 15) is 4.79 Å². The van der Waals surface area contributed by atoms with Crippen LogP contribution in [0.4, 0.5) is 0 Å². The highest BCUT2D eigenvalue weighted by Gasteiger charge is 2.22. The molecule has 2 aliphatic rings. The molecule has 27 heavy (non-hydrogen) atoms. The van der Waals surface area contributed by atoms with Crippen molar-refractivity contribution in [2.24, 2.45) is 10.9 Å². The first kappa shape index (κ1) is 19.7. The number of rotatable bonds is 5. The van der Waals surface area contributed by atoms with E-state index in [-0.39, 0.29) is 5.91 Å². The topological polar surface area (TPSA) is 77.2 Å². The Morgan fingerprint density at radius 2 is 2.11 bits per heavy atom. The maximum Gasteiger partial charge on any atom is 0.224 e. The van der Waals surface area contributed by atoms with E-state index in [2.05, 4.69) is 32.2 Å². The Kier molecular flexibility index (Phi) is 7.09. The average Bonchev–Trinajstić information content (AvgIpc) is 3.19. The molecule has 8 heteroatoms. The number of amides is 1. The Hall–Kier alpha value is -2.09. The van der Waals surface area contributed by atoms with Gasteiger partial charge in [0.1, 0.15) is 6.26 Å². The number of aromatic nitrogens is 1. The minimum Gasteiger partial charge on any atom is -0.364 e. The van der Waals surface area contributed by atoms with Crippen molar-refractivity contribution in [3.05, 3.63) is 18.0 Å². The summed E-state index contributed by atoms with van der Waals surface area (Å²) in [4.78, 5) is 23.4. The first-order valence-electron chi connectivity index (χ1n) is 10.0. The van der Waals surface area contributed by atoms with Gasteiger partial charge in [-0.15, -0.1) is 0 Å². The highest BCUT2D eigenvalue weighted by atomic mass is 16.5. The van der Waals surface area contributed by atoms with E-state index in [0.29, 0.717) is 18.9 Å². The maximum atomic E-state index is 12.4. The molecule has 0 bridgehead atoms. The van der Waals surface area contributed by atoms with E-state index in [0.717, 1.165) is 63.9 Å². The standard InChI is InChI=1S/C19H32N6O2/c1-16-4-3-8-25(14-16)18(26)5-7-21-19(20-2)24-11-9-23(10-12-24)15-17-6-13-27-22-17/h6,13,16H,3-5,7-12,14-15H2,1-2H3,(H,20,21). The number of piperidine rings is 1. The largest absolute Gasteiger partial charge is 0.364 e. The van der Waals surface area contributed by atoms with Crippen molar-refractivity contribution in [1.82, 2.24) is 25.2 Å². The summed E-state index contributed by atoms with van der Waals surface area (Å²) in [5.41, 5.74) is 0.969. The lowest BCUT2D eigenvalue weighted by Crippen LogP contribution is -2.52. The lowest BCUT2D eigenvalue weighted by molar-refractivity contribution is -0.132. The summed E-state index contributed by atoms with van der Waals surface area (Å²) in [7, 11) is 1.80. The molecule has 0 saturated carbocycles. The third-order valence-electron chi connectivity index (χ3n) is 5.39. The number of hydrogen-bond donors (Lipinski definition) is 1. The number of carbonyl (C=O) groups excluding carboxylic acids is 1. The third-order valence-corrected chi connectivity index (χ3v) is 5.39. The minimum atomic E-state index is 0.252. The Bertz CT molecular complexity index is 610. The molecule has 1 aromatic heterocycles. The minimum absolute atomic E-state index is 0.252. The van der Waals surface area contributed by atoms with Crippen LogP contribution in [0.5, 0.6) is 0 Å². The van der Waals surface area contributed by atoms with Gasteiger partial charge in [-0.1, -0.05) is 12.1 Å². The molecule has 150 valence electrons. The second kappa shape index (κ2) is 9.73. The monoisotopic (exact) mass is 376 g/mol. The predicted molar refractivity (Wildman–Crippen MR) is 104 cm³/mol. The molecule has 2 fully saturated rings. The summed E-state index contributed by atoms with van der Waals surface area (Å²) in [6, 6.07) is 1.91. The highest BCUT2D eigenvalue weighted by molar-refractivity contribution is 5.81. The fourth-order valence-corrected chi connectivity index (χ4v) is 3.85. The van der Waals surface area contributed by atoms with Gasteiger partial charge in [-0.2, -0.15) is 0 Å². The lowest BCUT2D eigenvalue weighted by Gasteiger charge is -2.36. The van der Waals surface area contributed by atoms with E-state index < -0.39 is 0 Å². The molecule has 8 nitrogen and oxygen atoms in total. The van der Waals surface area contributed by atoms with Crippen molar-refractivity contribution >= 4 is 11.9 Å². The van der Waals surface area contributed by atoms with Crippen molar-refractivity contribution in [1.29, 1.82) is 0 Å². The normalized spacial score (nSPS) is 22.1. The van der Waals surface area contributed by atoms with Gasteiger partial charge in [-0.25, -0.2) is 0 Å². The van der Waals surface area contributed by atoms with Crippen LogP contribution < -0.4 is 5.32 Å². The molecule has 2 saturated heterocycles. The molecule has 1 aromatic rings. The molecular formula is C19H32N6O2. The lowest BCUT2D eigenvalue weighted by atomic mass is 10.00. The number of nitrogens with zero attached hydrogens (tertiary/aromatic N) is 5. The summed E-state index contributed by atoms with van der Waals surface area (Å²) in [6.07, 6.45) is 4.50. The molecule has 0 aliphatic carbocycles. The Morgan fingerprint density at radius 3 is 2.78 bits per heavy atom. The summed E-state index contributed by atoms with van der Waals surface area (Å²) in [5.74, 6) is 1.76. The average molecular weight is 377 g/mol. The molecule has 1 unspecified atom stereocenters. The number of nitrogens with one attached hydrogen (secondary N) is 1. The van der Waals surface area contributed by atoms with Crippen molar-refractivity contribution < 1.29 is 9.32 Å². The fraction of sp³-hybridized carbons (Fsp3) is 0.737. The van der Waals surface area contributed by atoms with Crippen LogP contribution in [-0.4, -0.2) is 84.6 Å². The van der Waals surface area contributed by atoms with Crippen molar-refractivity contribution in [2.75, 3.05) is 52.9 Å². The molecule has 1 amide bonds. The van der Waals surface area contributed by atoms with E-state index >= 15 is 0 Å². The second-order valence-electron chi connectivity index (χ2n) is 7.57. The number of hydrogen-bond acceptors (Lipinski definition) is 5. The number of likely N-dealkylation sites (tertiary alicyclic amines) is 1. The molecule has 0 aromatic carbocycles. The zero-order valence-corrected chi connectivity index (χ0v) is 16.6. The van der Waals surface area contributed by atoms with Crippen molar-refractivity contribution in [3.8, 4) is 0 Å². The molecule has 3 rings (SSSR count). The first-order valence-corrected chi connectivity index (χ1v) is 10.0. The maximum absolute atomic E-state index is 12.4. The van der Waals surface area contributed by atoms with Crippen LogP contribution in [0.15, 0.2) is 21.8 Å². The van der Waals surface area contributed by atoms with Gasteiger partial charge in [0.15, 0.2) is 5.96 Å². The Balaban J connectivity index is 1.37. The molecule has 0 radical (unpaired) electrons. The molecule has 2 aliphatic heterocycles. The van der Waals surface area contributed by atoms with Gasteiger partial charge in [0, 0.05) is 71.9 Å². The SMILES string of the molecule is CN=C(NCCC(=O)N1CCCC(C)C1)N1CCN(Cc2ccon2)CC1. The van der Waals surface area contributed by atoms with Gasteiger partial charge in [0.05, 0.1) is 5.69 Å². The van der Waals surface area contributed by atoms with Crippen LogP contribution >= 0.6 is 0 Å². The first-order chi connectivity index (χ1) is 13.2. The number of carbonyl (C=O) groups is 1. The third kappa shape index (κ3) is 5.69. The summed E-state index contributed by atoms with van der Waals surface area (Å²) in [5, 5.41) is 7.34. The van der Waals surface area contributed by atoms with Gasteiger partial charge in [0.25, 0.3) is 0 Å². The van der Waals surface area contributed by atoms with E-state index in [1.165, 1.54) is 6.42 Å². The number of piperazine rings is 1. The molecule has 1 N–H and O–H groups in total. The Labute approximate surface area is 161 Å². The van der Waals surface area contributed by atoms with Crippen molar-refractivity contribution in [3.63, 3.8) is 0 Å². The van der Waals surface area contributed by atoms with Crippen LogP contribution in [0.1, 0.15) is 31.9 Å². The van der Waals surface area contributed by atoms with Crippen LogP contribution in [0.25, 0.3) is 0 Å². The van der Waals surface area contributed by atoms with E-state index in [1.807, 2.05) is 11.0 Å². The van der Waals surface area contributed by atoms with Gasteiger partial charge >= 0.3 is 0 Å². The highest BCUT2D eigenvalue weighted by Crippen LogP contribution is 2.16. The molecular weight excluding hydrogens is 344 g/mol. The van der Waals surface area contributed by atoms with Gasteiger partial charge in [0.2, 0.25) is 5.91 Å². The number of guanidine groups is 1. The zero-order valence-electron chi connectivity index (χ0n) is 16.6. The zero-order chi connectivity index (χ0) is 19.1. The van der Waals surface area contributed by atoms with E-state index in [4.69, 9.17) is 4.52 Å². The van der Waals surface area contributed by atoms with Crippen LogP contribution in [0.2, 0.25) is 0 Å². The number of aliphatic imine (C=N–C) groups is 1. The Morgan fingerprint density at radius 1 is 1.30 bits per heavy atom. The quantitative estimate of drug-likeness (QED) is 0.611. The molecule has 3 heterocycles.